The van der Waals surface area contributed by atoms with Crippen molar-refractivity contribution in [2.75, 3.05) is 13.6 Å². The van der Waals surface area contributed by atoms with Gasteiger partial charge < -0.3 is 4.90 Å². The van der Waals surface area contributed by atoms with E-state index in [2.05, 4.69) is 51.8 Å². The van der Waals surface area contributed by atoms with Crippen molar-refractivity contribution in [3.05, 3.63) is 23.4 Å². The molecule has 1 heteroatoms. The average molecular weight is 153 g/mol. The monoisotopic (exact) mass is 153 g/mol. The van der Waals surface area contributed by atoms with Gasteiger partial charge in [-0.25, -0.2) is 0 Å². The van der Waals surface area contributed by atoms with Crippen molar-refractivity contribution in [2.45, 2.75) is 27.7 Å². The molecule has 0 saturated heterocycles. The molecule has 0 aromatic rings. The van der Waals surface area contributed by atoms with Crippen molar-refractivity contribution in [2.24, 2.45) is 0 Å². The standard InChI is InChI=1S/C10H19N/c1-6-9(4)10(7-2)11(5)8-3/h6-7H,8H2,1-5H3/b9-6+,10-7-. The molecule has 0 N–H and O–H groups in total. The van der Waals surface area contributed by atoms with E-state index in [0.717, 1.165) is 6.54 Å². The largest absolute Gasteiger partial charge is 0.375 e. The second-order valence-corrected chi connectivity index (χ2v) is 2.66. The zero-order chi connectivity index (χ0) is 8.85. The van der Waals surface area contributed by atoms with Gasteiger partial charge >= 0.3 is 0 Å². The van der Waals surface area contributed by atoms with Gasteiger partial charge in [-0.05, 0) is 33.3 Å². The lowest BCUT2D eigenvalue weighted by Gasteiger charge is -2.20. The van der Waals surface area contributed by atoms with Crippen LogP contribution < -0.4 is 0 Å². The Morgan fingerprint density at radius 2 is 1.82 bits per heavy atom. The van der Waals surface area contributed by atoms with E-state index in [4.69, 9.17) is 0 Å². The smallest absolute Gasteiger partial charge is 0.0346 e. The van der Waals surface area contributed by atoms with Crippen molar-refractivity contribution in [3.63, 3.8) is 0 Å². The highest BCUT2D eigenvalue weighted by atomic mass is 15.1. The maximum atomic E-state index is 2.25. The first-order valence-electron chi connectivity index (χ1n) is 4.18. The van der Waals surface area contributed by atoms with Crippen LogP contribution in [0.4, 0.5) is 0 Å². The summed E-state index contributed by atoms with van der Waals surface area (Å²) < 4.78 is 0. The van der Waals surface area contributed by atoms with Crippen molar-refractivity contribution >= 4 is 0 Å². The lowest BCUT2D eigenvalue weighted by molar-refractivity contribution is 0.449. The van der Waals surface area contributed by atoms with Gasteiger partial charge in [0.2, 0.25) is 0 Å². The molecular weight excluding hydrogens is 134 g/mol. The van der Waals surface area contributed by atoms with Crippen LogP contribution in [0.3, 0.4) is 0 Å². The van der Waals surface area contributed by atoms with Gasteiger partial charge in [-0.1, -0.05) is 12.2 Å². The normalized spacial score (nSPS) is 13.5. The van der Waals surface area contributed by atoms with Crippen molar-refractivity contribution in [3.8, 4) is 0 Å². The summed E-state index contributed by atoms with van der Waals surface area (Å²) in [6.07, 6.45) is 4.29. The van der Waals surface area contributed by atoms with Crippen LogP contribution in [0.15, 0.2) is 23.4 Å². The summed E-state index contributed by atoms with van der Waals surface area (Å²) in [5.41, 5.74) is 2.67. The third kappa shape index (κ3) is 2.79. The molecule has 0 aliphatic rings. The third-order valence-corrected chi connectivity index (χ3v) is 2.00. The Morgan fingerprint density at radius 3 is 2.09 bits per heavy atom. The van der Waals surface area contributed by atoms with Gasteiger partial charge in [-0.15, -0.1) is 0 Å². The van der Waals surface area contributed by atoms with E-state index in [1.807, 2.05) is 0 Å². The Morgan fingerprint density at radius 1 is 1.27 bits per heavy atom. The molecule has 11 heavy (non-hydrogen) atoms. The number of nitrogens with zero attached hydrogens (tertiary/aromatic N) is 1. The summed E-state index contributed by atoms with van der Waals surface area (Å²) >= 11 is 0. The van der Waals surface area contributed by atoms with Crippen LogP contribution in [0, 0.1) is 0 Å². The predicted molar refractivity (Wildman–Crippen MR) is 51.5 cm³/mol. The quantitative estimate of drug-likeness (QED) is 0.563. The molecule has 0 spiro atoms. The molecule has 0 unspecified atom stereocenters. The lowest BCUT2D eigenvalue weighted by atomic mass is 10.2. The summed E-state index contributed by atoms with van der Waals surface area (Å²) in [5, 5.41) is 0. The van der Waals surface area contributed by atoms with Gasteiger partial charge in [0.1, 0.15) is 0 Å². The molecule has 0 aromatic carbocycles. The number of likely N-dealkylation sites (N-methyl/N-ethyl adjacent to an activating group) is 1. The first-order chi connectivity index (χ1) is 5.17. The van der Waals surface area contributed by atoms with Crippen molar-refractivity contribution in [1.29, 1.82) is 0 Å². The minimum absolute atomic E-state index is 1.06. The highest BCUT2D eigenvalue weighted by molar-refractivity contribution is 5.26. The first kappa shape index (κ1) is 10.3. The minimum atomic E-state index is 1.06. The fourth-order valence-corrected chi connectivity index (χ4v) is 1.07. The van der Waals surface area contributed by atoms with Crippen LogP contribution in [0.1, 0.15) is 27.7 Å². The van der Waals surface area contributed by atoms with Crippen LogP contribution in [0.2, 0.25) is 0 Å². The van der Waals surface area contributed by atoms with Crippen molar-refractivity contribution in [1.82, 2.24) is 4.90 Å². The maximum Gasteiger partial charge on any atom is 0.0346 e. The molecule has 0 atom stereocenters. The summed E-state index contributed by atoms with van der Waals surface area (Å²) in [6.45, 7) is 9.51. The molecule has 0 rings (SSSR count). The average Bonchev–Trinajstić information content (AvgIpc) is 2.05. The van der Waals surface area contributed by atoms with Crippen LogP contribution in [0.25, 0.3) is 0 Å². The van der Waals surface area contributed by atoms with E-state index in [1.54, 1.807) is 0 Å². The molecule has 0 amide bonds. The Hall–Kier alpha value is -0.720. The van der Waals surface area contributed by atoms with E-state index in [0.29, 0.717) is 0 Å². The zero-order valence-electron chi connectivity index (χ0n) is 8.31. The Kier molecular flexibility index (Phi) is 4.67. The van der Waals surface area contributed by atoms with E-state index < -0.39 is 0 Å². The molecule has 0 heterocycles. The topological polar surface area (TPSA) is 3.24 Å². The van der Waals surface area contributed by atoms with Gasteiger partial charge in [0.15, 0.2) is 0 Å². The Labute approximate surface area is 70.4 Å². The molecule has 1 nitrogen and oxygen atoms in total. The summed E-state index contributed by atoms with van der Waals surface area (Å²) in [7, 11) is 2.11. The Bertz CT molecular complexity index is 166. The van der Waals surface area contributed by atoms with E-state index in [1.165, 1.54) is 11.3 Å². The summed E-state index contributed by atoms with van der Waals surface area (Å²) in [6, 6.07) is 0. The Balaban J connectivity index is 4.43. The fraction of sp³-hybridized carbons (Fsp3) is 0.600. The fourth-order valence-electron chi connectivity index (χ4n) is 1.07. The van der Waals surface area contributed by atoms with Gasteiger partial charge in [0.05, 0.1) is 0 Å². The second kappa shape index (κ2) is 5.00. The van der Waals surface area contributed by atoms with Crippen molar-refractivity contribution < 1.29 is 0 Å². The highest BCUT2D eigenvalue weighted by Crippen LogP contribution is 2.11. The van der Waals surface area contributed by atoms with Gasteiger partial charge in [0.25, 0.3) is 0 Å². The molecule has 0 bridgehead atoms. The molecular formula is C10H19N. The predicted octanol–water partition coefficient (Wildman–Crippen LogP) is 2.81. The van der Waals surface area contributed by atoms with E-state index >= 15 is 0 Å². The molecule has 0 aliphatic heterocycles. The van der Waals surface area contributed by atoms with Gasteiger partial charge in [0, 0.05) is 19.3 Å². The SMILES string of the molecule is C/C=C(/C(C)=C/C)N(C)CC. The summed E-state index contributed by atoms with van der Waals surface area (Å²) in [4.78, 5) is 2.25. The number of rotatable bonds is 3. The highest BCUT2D eigenvalue weighted by Gasteiger charge is 2.00. The summed E-state index contributed by atoms with van der Waals surface area (Å²) in [5.74, 6) is 0. The van der Waals surface area contributed by atoms with Gasteiger partial charge in [-0.3, -0.25) is 0 Å². The maximum absolute atomic E-state index is 2.25. The minimum Gasteiger partial charge on any atom is -0.375 e. The third-order valence-electron chi connectivity index (χ3n) is 2.00. The van der Waals surface area contributed by atoms with Crippen LogP contribution in [-0.2, 0) is 0 Å². The number of hydrogen-bond donors (Lipinski definition) is 0. The van der Waals surface area contributed by atoms with Crippen LogP contribution in [-0.4, -0.2) is 18.5 Å². The number of hydrogen-bond acceptors (Lipinski definition) is 1. The molecule has 0 fully saturated rings. The van der Waals surface area contributed by atoms with Gasteiger partial charge in [-0.2, -0.15) is 0 Å². The first-order valence-corrected chi connectivity index (χ1v) is 4.18. The molecule has 0 radical (unpaired) electrons. The second-order valence-electron chi connectivity index (χ2n) is 2.66. The lowest BCUT2D eigenvalue weighted by Crippen LogP contribution is -2.17. The van der Waals surface area contributed by atoms with Crippen LogP contribution in [0.5, 0.6) is 0 Å². The molecule has 0 aromatic heterocycles. The van der Waals surface area contributed by atoms with E-state index in [9.17, 15) is 0 Å². The number of allylic oxidation sites excluding steroid dienone is 3. The molecule has 0 saturated carbocycles. The zero-order valence-corrected chi connectivity index (χ0v) is 8.31. The van der Waals surface area contributed by atoms with E-state index in [-0.39, 0.29) is 0 Å². The molecule has 64 valence electrons. The van der Waals surface area contributed by atoms with Crippen LogP contribution >= 0.6 is 0 Å². The molecule has 0 aliphatic carbocycles.